The van der Waals surface area contributed by atoms with E-state index in [9.17, 15) is 14.4 Å². The molecule has 0 aliphatic carbocycles. The van der Waals surface area contributed by atoms with Crippen molar-refractivity contribution in [2.24, 2.45) is 0 Å². The molecular weight excluding hydrogens is 304 g/mol. The highest BCUT2D eigenvalue weighted by Crippen LogP contribution is 2.14. The van der Waals surface area contributed by atoms with Gasteiger partial charge in [-0.25, -0.2) is 0 Å². The molecule has 2 amide bonds. The summed E-state index contributed by atoms with van der Waals surface area (Å²) in [6.45, 7) is -0.0704. The first-order valence-corrected chi connectivity index (χ1v) is 8.11. The Labute approximate surface area is 133 Å². The SMILES string of the molecule is O=C(O)CN(CCc1ccccc1)C(=O)CN1CSCC1=O. The summed E-state index contributed by atoms with van der Waals surface area (Å²) in [6.07, 6.45) is 0.586. The highest BCUT2D eigenvalue weighted by atomic mass is 32.2. The first-order chi connectivity index (χ1) is 10.6. The molecule has 118 valence electrons. The van der Waals surface area contributed by atoms with Crippen molar-refractivity contribution in [2.45, 2.75) is 6.42 Å². The lowest BCUT2D eigenvalue weighted by Crippen LogP contribution is -2.44. The van der Waals surface area contributed by atoms with Gasteiger partial charge in [-0.15, -0.1) is 11.8 Å². The van der Waals surface area contributed by atoms with Crippen LogP contribution in [0, 0.1) is 0 Å². The van der Waals surface area contributed by atoms with Crippen LogP contribution < -0.4 is 0 Å². The lowest BCUT2D eigenvalue weighted by molar-refractivity contribution is -0.145. The van der Waals surface area contributed by atoms with Crippen molar-refractivity contribution in [1.82, 2.24) is 9.80 Å². The van der Waals surface area contributed by atoms with Crippen molar-refractivity contribution in [3.05, 3.63) is 35.9 Å². The zero-order chi connectivity index (χ0) is 15.9. The summed E-state index contributed by atoms with van der Waals surface area (Å²) < 4.78 is 0. The fourth-order valence-electron chi connectivity index (χ4n) is 2.17. The standard InChI is InChI=1S/C15H18N2O4S/c18-13(8-17-11-22-10-14(17)19)16(9-15(20)21)7-6-12-4-2-1-3-5-12/h1-5H,6-11H2,(H,20,21). The highest BCUT2D eigenvalue weighted by molar-refractivity contribution is 8.00. The molecule has 1 aromatic rings. The minimum absolute atomic E-state index is 0.0477. The molecule has 7 heteroatoms. The Morgan fingerprint density at radius 2 is 2.00 bits per heavy atom. The maximum absolute atomic E-state index is 12.3. The fourth-order valence-corrected chi connectivity index (χ4v) is 3.07. The zero-order valence-electron chi connectivity index (χ0n) is 12.1. The maximum atomic E-state index is 12.3. The van der Waals surface area contributed by atoms with Crippen LogP contribution in [0.4, 0.5) is 0 Å². The molecule has 22 heavy (non-hydrogen) atoms. The van der Waals surface area contributed by atoms with E-state index in [0.717, 1.165) is 5.56 Å². The van der Waals surface area contributed by atoms with Gasteiger partial charge >= 0.3 is 5.97 Å². The van der Waals surface area contributed by atoms with Crippen molar-refractivity contribution in [3.63, 3.8) is 0 Å². The number of nitrogens with zero attached hydrogens (tertiary/aromatic N) is 2. The molecule has 0 atom stereocenters. The number of amides is 2. The van der Waals surface area contributed by atoms with E-state index in [2.05, 4.69) is 0 Å². The Morgan fingerprint density at radius 1 is 1.27 bits per heavy atom. The van der Waals surface area contributed by atoms with E-state index in [1.165, 1.54) is 21.6 Å². The first kappa shape index (κ1) is 16.4. The van der Waals surface area contributed by atoms with Gasteiger partial charge in [0.05, 0.1) is 11.6 Å². The van der Waals surface area contributed by atoms with Crippen molar-refractivity contribution >= 4 is 29.5 Å². The molecule has 1 fully saturated rings. The summed E-state index contributed by atoms with van der Waals surface area (Å²) in [5.41, 5.74) is 1.04. The van der Waals surface area contributed by atoms with Gasteiger partial charge < -0.3 is 14.9 Å². The normalized spacial score (nSPS) is 14.2. The number of carboxylic acid groups (broad SMARTS) is 1. The zero-order valence-corrected chi connectivity index (χ0v) is 12.9. The van der Waals surface area contributed by atoms with Gasteiger partial charge in [-0.1, -0.05) is 30.3 Å². The number of rotatable bonds is 7. The Morgan fingerprint density at radius 3 is 2.59 bits per heavy atom. The molecule has 1 heterocycles. The van der Waals surface area contributed by atoms with E-state index in [4.69, 9.17) is 5.11 Å². The van der Waals surface area contributed by atoms with Crippen LogP contribution in [0.3, 0.4) is 0 Å². The fraction of sp³-hybridized carbons (Fsp3) is 0.400. The van der Waals surface area contributed by atoms with Crippen LogP contribution in [-0.2, 0) is 20.8 Å². The Balaban J connectivity index is 1.94. The van der Waals surface area contributed by atoms with Crippen LogP contribution in [0.5, 0.6) is 0 Å². The number of carbonyl (C=O) groups is 3. The van der Waals surface area contributed by atoms with Crippen LogP contribution >= 0.6 is 11.8 Å². The topological polar surface area (TPSA) is 77.9 Å². The number of carboxylic acids is 1. The molecule has 1 aromatic carbocycles. The van der Waals surface area contributed by atoms with Crippen LogP contribution in [-0.4, -0.2) is 64.0 Å². The quantitative estimate of drug-likeness (QED) is 0.798. The second kappa shape index (κ2) is 7.84. The van der Waals surface area contributed by atoms with E-state index < -0.39 is 5.97 Å². The lowest BCUT2D eigenvalue weighted by Gasteiger charge is -2.23. The minimum atomic E-state index is -1.05. The van der Waals surface area contributed by atoms with E-state index in [0.29, 0.717) is 24.6 Å². The Bertz CT molecular complexity index is 550. The van der Waals surface area contributed by atoms with E-state index >= 15 is 0 Å². The summed E-state index contributed by atoms with van der Waals surface area (Å²) in [6, 6.07) is 9.58. The van der Waals surface area contributed by atoms with Crippen LogP contribution in [0.2, 0.25) is 0 Å². The average Bonchev–Trinajstić information content (AvgIpc) is 2.89. The molecule has 0 saturated carbocycles. The summed E-state index contributed by atoms with van der Waals surface area (Å²) >= 11 is 1.46. The largest absolute Gasteiger partial charge is 0.480 e. The van der Waals surface area contributed by atoms with Gasteiger partial charge in [-0.05, 0) is 12.0 Å². The third kappa shape index (κ3) is 4.77. The second-order valence-electron chi connectivity index (χ2n) is 5.01. The molecule has 0 aromatic heterocycles. The minimum Gasteiger partial charge on any atom is -0.480 e. The molecule has 1 aliphatic heterocycles. The smallest absolute Gasteiger partial charge is 0.323 e. The predicted molar refractivity (Wildman–Crippen MR) is 83.4 cm³/mol. The maximum Gasteiger partial charge on any atom is 0.323 e. The summed E-state index contributed by atoms with van der Waals surface area (Å²) in [4.78, 5) is 37.5. The molecule has 0 radical (unpaired) electrons. The molecule has 0 unspecified atom stereocenters. The summed E-state index contributed by atoms with van der Waals surface area (Å²) in [5, 5.41) is 8.96. The van der Waals surface area contributed by atoms with E-state index in [1.54, 1.807) is 0 Å². The van der Waals surface area contributed by atoms with Gasteiger partial charge in [0, 0.05) is 6.54 Å². The monoisotopic (exact) mass is 322 g/mol. The van der Waals surface area contributed by atoms with Gasteiger partial charge in [-0.2, -0.15) is 0 Å². The van der Waals surface area contributed by atoms with Gasteiger partial charge in [0.2, 0.25) is 11.8 Å². The third-order valence-corrected chi connectivity index (χ3v) is 4.29. The average molecular weight is 322 g/mol. The van der Waals surface area contributed by atoms with Crippen LogP contribution in [0.25, 0.3) is 0 Å². The molecule has 1 N–H and O–H groups in total. The van der Waals surface area contributed by atoms with Gasteiger partial charge in [0.15, 0.2) is 0 Å². The molecule has 2 rings (SSSR count). The van der Waals surface area contributed by atoms with E-state index in [1.807, 2.05) is 30.3 Å². The lowest BCUT2D eigenvalue weighted by atomic mass is 10.1. The van der Waals surface area contributed by atoms with Gasteiger partial charge in [0.1, 0.15) is 13.1 Å². The molecule has 6 nitrogen and oxygen atoms in total. The van der Waals surface area contributed by atoms with Crippen molar-refractivity contribution in [2.75, 3.05) is 31.3 Å². The van der Waals surface area contributed by atoms with Crippen LogP contribution in [0.1, 0.15) is 5.56 Å². The highest BCUT2D eigenvalue weighted by Gasteiger charge is 2.26. The third-order valence-electron chi connectivity index (χ3n) is 3.34. The summed E-state index contributed by atoms with van der Waals surface area (Å²) in [7, 11) is 0. The molecule has 1 saturated heterocycles. The van der Waals surface area contributed by atoms with E-state index in [-0.39, 0.29) is 24.9 Å². The number of benzene rings is 1. The van der Waals surface area contributed by atoms with Crippen molar-refractivity contribution in [1.29, 1.82) is 0 Å². The van der Waals surface area contributed by atoms with Crippen LogP contribution in [0.15, 0.2) is 30.3 Å². The number of hydrogen-bond donors (Lipinski definition) is 1. The Hall–Kier alpha value is -2.02. The van der Waals surface area contributed by atoms with Crippen molar-refractivity contribution in [3.8, 4) is 0 Å². The van der Waals surface area contributed by atoms with Gasteiger partial charge in [-0.3, -0.25) is 14.4 Å². The second-order valence-corrected chi connectivity index (χ2v) is 5.97. The van der Waals surface area contributed by atoms with Crippen molar-refractivity contribution < 1.29 is 19.5 Å². The Kier molecular flexibility index (Phi) is 5.83. The summed E-state index contributed by atoms with van der Waals surface area (Å²) in [5.74, 6) is -0.574. The first-order valence-electron chi connectivity index (χ1n) is 6.95. The number of hydrogen-bond acceptors (Lipinski definition) is 4. The number of carbonyl (C=O) groups excluding carboxylic acids is 2. The molecule has 0 bridgehead atoms. The van der Waals surface area contributed by atoms with Gasteiger partial charge in [0.25, 0.3) is 0 Å². The number of thioether (sulfide) groups is 1. The molecule has 1 aliphatic rings. The molecule has 0 spiro atoms. The molecular formula is C15H18N2O4S. The number of aliphatic carboxylic acids is 1. The predicted octanol–water partition coefficient (Wildman–Crippen LogP) is 0.675.